The molecule has 0 aliphatic heterocycles. The lowest BCUT2D eigenvalue weighted by molar-refractivity contribution is -0.115. The zero-order valence-corrected chi connectivity index (χ0v) is 13.2. The summed E-state index contributed by atoms with van der Waals surface area (Å²) in [4.78, 5) is 16.3. The highest BCUT2D eigenvalue weighted by Crippen LogP contribution is 2.16. The van der Waals surface area contributed by atoms with Crippen LogP contribution in [-0.4, -0.2) is 20.7 Å². The van der Waals surface area contributed by atoms with E-state index in [2.05, 4.69) is 15.4 Å². The Morgan fingerprint density at radius 3 is 2.54 bits per heavy atom. The monoisotopic (exact) mass is 321 g/mol. The minimum absolute atomic E-state index is 0.0541. The summed E-state index contributed by atoms with van der Waals surface area (Å²) in [6.45, 7) is 1.06. The van der Waals surface area contributed by atoms with E-state index in [-0.39, 0.29) is 5.91 Å². The van der Waals surface area contributed by atoms with E-state index in [1.807, 2.05) is 48.5 Å². The Morgan fingerprint density at radius 1 is 1.08 bits per heavy atom. The zero-order chi connectivity index (χ0) is 16.8. The minimum Gasteiger partial charge on any atom is -0.326 e. The number of aromatic nitrogens is 3. The number of nitrogens with zero attached hydrogens (tertiary/aromatic N) is 3. The van der Waals surface area contributed by atoms with Crippen LogP contribution in [0.2, 0.25) is 0 Å². The van der Waals surface area contributed by atoms with Gasteiger partial charge in [0.25, 0.3) is 0 Å². The highest BCUT2D eigenvalue weighted by Gasteiger charge is 2.08. The zero-order valence-electron chi connectivity index (χ0n) is 13.2. The van der Waals surface area contributed by atoms with Crippen LogP contribution >= 0.6 is 0 Å². The summed E-state index contributed by atoms with van der Waals surface area (Å²) < 4.78 is 1.72. The van der Waals surface area contributed by atoms with E-state index in [1.54, 1.807) is 11.0 Å². The smallest absolute Gasteiger partial charge is 0.228 e. The second-order valence-electron chi connectivity index (χ2n) is 5.50. The largest absolute Gasteiger partial charge is 0.326 e. The molecule has 0 spiro atoms. The molecule has 0 atom stereocenters. The normalized spacial score (nSPS) is 10.5. The first-order valence-electron chi connectivity index (χ1n) is 7.72. The van der Waals surface area contributed by atoms with E-state index in [1.165, 1.54) is 6.33 Å². The SMILES string of the molecule is NCc1ccc(CC(=O)Nc2ccccc2Cn2cncn2)cc1. The summed E-state index contributed by atoms with van der Waals surface area (Å²) in [5.41, 5.74) is 9.36. The third kappa shape index (κ3) is 4.05. The molecule has 0 aliphatic carbocycles. The quantitative estimate of drug-likeness (QED) is 0.727. The van der Waals surface area contributed by atoms with Crippen molar-refractivity contribution in [2.45, 2.75) is 19.5 Å². The van der Waals surface area contributed by atoms with Crippen molar-refractivity contribution >= 4 is 11.6 Å². The highest BCUT2D eigenvalue weighted by molar-refractivity contribution is 5.93. The van der Waals surface area contributed by atoms with Crippen molar-refractivity contribution in [3.05, 3.63) is 77.9 Å². The number of anilines is 1. The van der Waals surface area contributed by atoms with Gasteiger partial charge in [-0.05, 0) is 22.8 Å². The molecule has 3 aromatic rings. The lowest BCUT2D eigenvalue weighted by Gasteiger charge is -2.11. The maximum atomic E-state index is 12.3. The maximum absolute atomic E-state index is 12.3. The summed E-state index contributed by atoms with van der Waals surface area (Å²) in [5.74, 6) is -0.0541. The molecule has 0 radical (unpaired) electrons. The van der Waals surface area contributed by atoms with Gasteiger partial charge >= 0.3 is 0 Å². The van der Waals surface area contributed by atoms with Gasteiger partial charge in [-0.25, -0.2) is 9.67 Å². The molecule has 3 rings (SSSR count). The van der Waals surface area contributed by atoms with Gasteiger partial charge < -0.3 is 11.1 Å². The third-order valence-electron chi connectivity index (χ3n) is 3.71. The molecular formula is C18H19N5O. The van der Waals surface area contributed by atoms with Gasteiger partial charge in [-0.3, -0.25) is 4.79 Å². The first kappa shape index (κ1) is 15.9. The molecule has 1 aromatic heterocycles. The predicted molar refractivity (Wildman–Crippen MR) is 92.2 cm³/mol. The Labute approximate surface area is 140 Å². The molecule has 0 saturated heterocycles. The number of carbonyl (C=O) groups is 1. The lowest BCUT2D eigenvalue weighted by Crippen LogP contribution is -2.16. The first-order valence-corrected chi connectivity index (χ1v) is 7.72. The fraction of sp³-hybridized carbons (Fsp3) is 0.167. The number of carbonyl (C=O) groups excluding carboxylic acids is 1. The van der Waals surface area contributed by atoms with Gasteiger partial charge in [0, 0.05) is 12.2 Å². The molecule has 2 aromatic carbocycles. The van der Waals surface area contributed by atoms with Crippen molar-refractivity contribution in [3.63, 3.8) is 0 Å². The van der Waals surface area contributed by atoms with Gasteiger partial charge in [-0.2, -0.15) is 5.10 Å². The number of benzene rings is 2. The molecular weight excluding hydrogens is 302 g/mol. The van der Waals surface area contributed by atoms with Gasteiger partial charge in [-0.15, -0.1) is 0 Å². The van der Waals surface area contributed by atoms with E-state index in [0.717, 1.165) is 22.4 Å². The van der Waals surface area contributed by atoms with Crippen molar-refractivity contribution in [1.29, 1.82) is 0 Å². The Kier molecular flexibility index (Phi) is 4.98. The van der Waals surface area contributed by atoms with E-state index in [0.29, 0.717) is 19.5 Å². The van der Waals surface area contributed by atoms with Gasteiger partial charge in [-0.1, -0.05) is 42.5 Å². The van der Waals surface area contributed by atoms with Crippen LogP contribution in [-0.2, 0) is 24.3 Å². The Hall–Kier alpha value is -2.99. The summed E-state index contributed by atoms with van der Waals surface area (Å²) in [7, 11) is 0. The number of hydrogen-bond acceptors (Lipinski definition) is 4. The average molecular weight is 321 g/mol. The van der Waals surface area contributed by atoms with Crippen LogP contribution in [0.1, 0.15) is 16.7 Å². The molecule has 24 heavy (non-hydrogen) atoms. The molecule has 0 aliphatic rings. The van der Waals surface area contributed by atoms with Crippen molar-refractivity contribution in [2.24, 2.45) is 5.73 Å². The Bertz CT molecular complexity index is 797. The van der Waals surface area contributed by atoms with Gasteiger partial charge in [0.05, 0.1) is 13.0 Å². The van der Waals surface area contributed by atoms with Gasteiger partial charge in [0.2, 0.25) is 5.91 Å². The standard InChI is InChI=1S/C18H19N5O/c19-10-15-7-5-14(6-8-15)9-18(24)22-17-4-2-1-3-16(17)11-23-13-20-12-21-23/h1-8,12-13H,9-11,19H2,(H,22,24). The Morgan fingerprint density at radius 2 is 1.83 bits per heavy atom. The van der Waals surface area contributed by atoms with E-state index in [9.17, 15) is 4.79 Å². The number of para-hydroxylation sites is 1. The molecule has 6 nitrogen and oxygen atoms in total. The molecule has 0 bridgehead atoms. The highest BCUT2D eigenvalue weighted by atomic mass is 16.1. The van der Waals surface area contributed by atoms with E-state index >= 15 is 0 Å². The third-order valence-corrected chi connectivity index (χ3v) is 3.71. The van der Waals surface area contributed by atoms with Crippen LogP contribution in [0.4, 0.5) is 5.69 Å². The second-order valence-corrected chi connectivity index (χ2v) is 5.50. The van der Waals surface area contributed by atoms with Crippen molar-refractivity contribution < 1.29 is 4.79 Å². The molecule has 0 unspecified atom stereocenters. The van der Waals surface area contributed by atoms with E-state index in [4.69, 9.17) is 5.73 Å². The fourth-order valence-electron chi connectivity index (χ4n) is 2.44. The number of rotatable bonds is 6. The summed E-state index contributed by atoms with van der Waals surface area (Å²) in [5, 5.41) is 7.07. The van der Waals surface area contributed by atoms with Crippen molar-refractivity contribution in [1.82, 2.24) is 14.8 Å². The Balaban J connectivity index is 1.67. The number of nitrogens with two attached hydrogens (primary N) is 1. The summed E-state index contributed by atoms with van der Waals surface area (Å²) in [6, 6.07) is 15.5. The molecule has 1 amide bonds. The van der Waals surface area contributed by atoms with Crippen molar-refractivity contribution in [3.8, 4) is 0 Å². The summed E-state index contributed by atoms with van der Waals surface area (Å²) >= 11 is 0. The topological polar surface area (TPSA) is 85.8 Å². The molecule has 6 heteroatoms. The van der Waals surface area contributed by atoms with Crippen LogP contribution in [0.3, 0.4) is 0 Å². The molecule has 0 saturated carbocycles. The first-order chi connectivity index (χ1) is 11.7. The van der Waals surface area contributed by atoms with Crippen LogP contribution in [0, 0.1) is 0 Å². The predicted octanol–water partition coefficient (Wildman–Crippen LogP) is 1.97. The van der Waals surface area contributed by atoms with Gasteiger partial charge in [0.1, 0.15) is 12.7 Å². The maximum Gasteiger partial charge on any atom is 0.228 e. The molecule has 1 heterocycles. The van der Waals surface area contributed by atoms with Crippen LogP contribution in [0.5, 0.6) is 0 Å². The van der Waals surface area contributed by atoms with E-state index < -0.39 is 0 Å². The van der Waals surface area contributed by atoms with Crippen LogP contribution < -0.4 is 11.1 Å². The summed E-state index contributed by atoms with van der Waals surface area (Å²) in [6.07, 6.45) is 3.46. The molecule has 3 N–H and O–H groups in total. The minimum atomic E-state index is -0.0541. The van der Waals surface area contributed by atoms with Gasteiger partial charge in [0.15, 0.2) is 0 Å². The second kappa shape index (κ2) is 7.52. The van der Waals surface area contributed by atoms with Crippen molar-refractivity contribution in [2.75, 3.05) is 5.32 Å². The number of amides is 1. The number of nitrogens with one attached hydrogen (secondary N) is 1. The van der Waals surface area contributed by atoms with Crippen LogP contribution in [0.15, 0.2) is 61.2 Å². The molecule has 122 valence electrons. The average Bonchev–Trinajstić information content (AvgIpc) is 3.10. The molecule has 0 fully saturated rings. The lowest BCUT2D eigenvalue weighted by atomic mass is 10.1. The fourth-order valence-corrected chi connectivity index (χ4v) is 2.44. The number of hydrogen-bond donors (Lipinski definition) is 2. The van der Waals surface area contributed by atoms with Crippen LogP contribution in [0.25, 0.3) is 0 Å².